The lowest BCUT2D eigenvalue weighted by molar-refractivity contribution is -0.0831. The third-order valence-corrected chi connectivity index (χ3v) is 2.67. The van der Waals surface area contributed by atoms with Crippen LogP contribution in [0.5, 0.6) is 0 Å². The summed E-state index contributed by atoms with van der Waals surface area (Å²) in [7, 11) is 0. The van der Waals surface area contributed by atoms with Crippen LogP contribution < -0.4 is 11.1 Å². The number of rotatable bonds is 2. The highest BCUT2D eigenvalue weighted by molar-refractivity contribution is 5.27. The smallest absolute Gasteiger partial charge is 0.0236 e. The average molecular weight is 140 g/mol. The molecule has 0 spiro atoms. The summed E-state index contributed by atoms with van der Waals surface area (Å²) in [6.07, 6.45) is 3.62. The average Bonchev–Trinajstić information content (AvgIpc) is 1.56. The SMILES string of the molecule is CC(C)NC12CC(N)(C1)C2. The van der Waals surface area contributed by atoms with Crippen LogP contribution in [-0.4, -0.2) is 17.1 Å². The first-order valence-corrected chi connectivity index (χ1v) is 4.10. The second-order valence-corrected chi connectivity index (χ2v) is 4.47. The van der Waals surface area contributed by atoms with E-state index in [0.29, 0.717) is 11.6 Å². The van der Waals surface area contributed by atoms with Gasteiger partial charge in [-0.05, 0) is 19.3 Å². The Morgan fingerprint density at radius 3 is 2.10 bits per heavy atom. The molecular weight excluding hydrogens is 124 g/mol. The van der Waals surface area contributed by atoms with Gasteiger partial charge in [0.2, 0.25) is 0 Å². The van der Waals surface area contributed by atoms with Gasteiger partial charge in [-0.25, -0.2) is 0 Å². The minimum Gasteiger partial charge on any atom is -0.325 e. The molecule has 3 aliphatic rings. The van der Waals surface area contributed by atoms with Crippen molar-refractivity contribution in [3.63, 3.8) is 0 Å². The maximum Gasteiger partial charge on any atom is 0.0236 e. The van der Waals surface area contributed by atoms with Crippen molar-refractivity contribution in [2.45, 2.75) is 50.2 Å². The van der Waals surface area contributed by atoms with Crippen LogP contribution in [0.4, 0.5) is 0 Å². The van der Waals surface area contributed by atoms with Crippen LogP contribution in [0.25, 0.3) is 0 Å². The highest BCUT2D eigenvalue weighted by Gasteiger charge is 2.65. The van der Waals surface area contributed by atoms with Crippen molar-refractivity contribution < 1.29 is 0 Å². The van der Waals surface area contributed by atoms with Crippen LogP contribution in [0.1, 0.15) is 33.1 Å². The first-order valence-electron chi connectivity index (χ1n) is 4.10. The molecule has 3 aliphatic carbocycles. The molecule has 2 bridgehead atoms. The fourth-order valence-corrected chi connectivity index (χ4v) is 2.63. The van der Waals surface area contributed by atoms with E-state index in [9.17, 15) is 0 Å². The zero-order valence-electron chi connectivity index (χ0n) is 6.78. The Kier molecular flexibility index (Phi) is 1.03. The molecule has 10 heavy (non-hydrogen) atoms. The van der Waals surface area contributed by atoms with E-state index >= 15 is 0 Å². The van der Waals surface area contributed by atoms with Crippen molar-refractivity contribution in [1.82, 2.24) is 5.32 Å². The summed E-state index contributed by atoms with van der Waals surface area (Å²) in [5.74, 6) is 0. The fourth-order valence-electron chi connectivity index (χ4n) is 2.63. The van der Waals surface area contributed by atoms with Gasteiger partial charge in [-0.15, -0.1) is 0 Å². The van der Waals surface area contributed by atoms with E-state index in [1.54, 1.807) is 0 Å². The van der Waals surface area contributed by atoms with E-state index in [1.807, 2.05) is 0 Å². The lowest BCUT2D eigenvalue weighted by Crippen LogP contribution is -2.82. The van der Waals surface area contributed by atoms with Crippen LogP contribution in [0.15, 0.2) is 0 Å². The molecule has 3 saturated carbocycles. The molecule has 3 N–H and O–H groups in total. The van der Waals surface area contributed by atoms with Crippen molar-refractivity contribution in [2.24, 2.45) is 5.73 Å². The van der Waals surface area contributed by atoms with Gasteiger partial charge < -0.3 is 11.1 Å². The zero-order chi connectivity index (χ0) is 7.41. The summed E-state index contributed by atoms with van der Waals surface area (Å²) in [5, 5.41) is 3.57. The van der Waals surface area contributed by atoms with E-state index in [2.05, 4.69) is 19.2 Å². The molecule has 3 rings (SSSR count). The molecule has 2 heteroatoms. The predicted molar refractivity (Wildman–Crippen MR) is 41.8 cm³/mol. The number of nitrogens with one attached hydrogen (secondary N) is 1. The molecule has 0 saturated heterocycles. The van der Waals surface area contributed by atoms with Gasteiger partial charge in [0.05, 0.1) is 0 Å². The number of hydrogen-bond acceptors (Lipinski definition) is 2. The molecule has 0 unspecified atom stereocenters. The topological polar surface area (TPSA) is 38.0 Å². The van der Waals surface area contributed by atoms with Crippen molar-refractivity contribution in [3.8, 4) is 0 Å². The second-order valence-electron chi connectivity index (χ2n) is 4.47. The van der Waals surface area contributed by atoms with Crippen LogP contribution in [-0.2, 0) is 0 Å². The standard InChI is InChI=1S/C8H16N2/c1-6(2)10-8-3-7(9,4-8)5-8/h6,10H,3-5,9H2,1-2H3. The van der Waals surface area contributed by atoms with E-state index in [4.69, 9.17) is 5.73 Å². The summed E-state index contributed by atoms with van der Waals surface area (Å²) in [6, 6.07) is 0.616. The Morgan fingerprint density at radius 1 is 1.30 bits per heavy atom. The third-order valence-electron chi connectivity index (χ3n) is 2.67. The molecule has 0 heterocycles. The molecule has 0 aliphatic heterocycles. The lowest BCUT2D eigenvalue weighted by atomic mass is 9.44. The number of nitrogens with two attached hydrogens (primary N) is 1. The second kappa shape index (κ2) is 1.56. The fraction of sp³-hybridized carbons (Fsp3) is 1.00. The lowest BCUT2D eigenvalue weighted by Gasteiger charge is -2.69. The van der Waals surface area contributed by atoms with Crippen LogP contribution in [0.2, 0.25) is 0 Å². The molecule has 58 valence electrons. The van der Waals surface area contributed by atoms with Gasteiger partial charge in [0.1, 0.15) is 0 Å². The van der Waals surface area contributed by atoms with Crippen LogP contribution >= 0.6 is 0 Å². The van der Waals surface area contributed by atoms with E-state index in [1.165, 1.54) is 19.3 Å². The molecular formula is C8H16N2. The Balaban J connectivity index is 1.87. The third kappa shape index (κ3) is 0.722. The normalized spacial score (nSPS) is 50.4. The Hall–Kier alpha value is -0.0800. The van der Waals surface area contributed by atoms with Crippen molar-refractivity contribution >= 4 is 0 Å². The predicted octanol–water partition coefficient (Wildman–Crippen LogP) is 0.618. The molecule has 0 atom stereocenters. The van der Waals surface area contributed by atoms with E-state index in [0.717, 1.165) is 0 Å². The number of hydrogen-bond donors (Lipinski definition) is 2. The molecule has 0 radical (unpaired) electrons. The summed E-state index contributed by atoms with van der Waals surface area (Å²) in [4.78, 5) is 0. The molecule has 0 aromatic rings. The molecule has 2 nitrogen and oxygen atoms in total. The summed E-state index contributed by atoms with van der Waals surface area (Å²) in [5.41, 5.74) is 6.64. The maximum atomic E-state index is 5.91. The first-order chi connectivity index (χ1) is 4.54. The van der Waals surface area contributed by atoms with Gasteiger partial charge in [0.25, 0.3) is 0 Å². The van der Waals surface area contributed by atoms with Crippen molar-refractivity contribution in [1.29, 1.82) is 0 Å². The molecule has 0 aromatic carbocycles. The van der Waals surface area contributed by atoms with Gasteiger partial charge in [0, 0.05) is 17.1 Å². The van der Waals surface area contributed by atoms with Crippen LogP contribution in [0.3, 0.4) is 0 Å². The van der Waals surface area contributed by atoms with Crippen LogP contribution in [0, 0.1) is 0 Å². The highest BCUT2D eigenvalue weighted by atomic mass is 15.1. The van der Waals surface area contributed by atoms with Gasteiger partial charge in [0.15, 0.2) is 0 Å². The molecule has 0 aromatic heterocycles. The minimum absolute atomic E-state index is 0.252. The first kappa shape index (κ1) is 6.62. The van der Waals surface area contributed by atoms with Gasteiger partial charge in [-0.1, -0.05) is 13.8 Å². The van der Waals surface area contributed by atoms with Gasteiger partial charge in [-0.2, -0.15) is 0 Å². The molecule has 0 amide bonds. The highest BCUT2D eigenvalue weighted by Crippen LogP contribution is 2.58. The maximum absolute atomic E-state index is 5.91. The zero-order valence-corrected chi connectivity index (χ0v) is 6.78. The quantitative estimate of drug-likeness (QED) is 0.590. The largest absolute Gasteiger partial charge is 0.325 e. The Morgan fingerprint density at radius 2 is 1.80 bits per heavy atom. The van der Waals surface area contributed by atoms with Gasteiger partial charge in [-0.3, -0.25) is 0 Å². The monoisotopic (exact) mass is 140 g/mol. The summed E-state index contributed by atoms with van der Waals surface area (Å²) in [6.45, 7) is 4.40. The Bertz CT molecular complexity index is 143. The molecule has 3 fully saturated rings. The summed E-state index contributed by atoms with van der Waals surface area (Å²) < 4.78 is 0. The Labute approximate surface area is 62.2 Å². The van der Waals surface area contributed by atoms with Gasteiger partial charge >= 0.3 is 0 Å². The summed E-state index contributed by atoms with van der Waals surface area (Å²) >= 11 is 0. The van der Waals surface area contributed by atoms with Crippen molar-refractivity contribution in [3.05, 3.63) is 0 Å². The minimum atomic E-state index is 0.252. The van der Waals surface area contributed by atoms with E-state index in [-0.39, 0.29) is 5.54 Å². The van der Waals surface area contributed by atoms with E-state index < -0.39 is 0 Å². The van der Waals surface area contributed by atoms with Crippen molar-refractivity contribution in [2.75, 3.05) is 0 Å².